The molecule has 1 aliphatic rings. The first-order valence-electron chi connectivity index (χ1n) is 7.03. The van der Waals surface area contributed by atoms with Crippen molar-refractivity contribution in [3.63, 3.8) is 0 Å². The minimum Gasteiger partial charge on any atom is -0.368 e. The highest BCUT2D eigenvalue weighted by atomic mass is 32.1. The second-order valence-corrected chi connectivity index (χ2v) is 6.23. The summed E-state index contributed by atoms with van der Waals surface area (Å²) >= 11 is 1.61. The zero-order valence-electron chi connectivity index (χ0n) is 11.2. The van der Waals surface area contributed by atoms with Crippen LogP contribution in [0.1, 0.15) is 39.0 Å². The lowest BCUT2D eigenvalue weighted by atomic mass is 9.84. The molecule has 19 heavy (non-hydrogen) atoms. The smallest absolute Gasteiger partial charge is 0.223 e. The summed E-state index contributed by atoms with van der Waals surface area (Å²) in [4.78, 5) is 9.60. The van der Waals surface area contributed by atoms with Crippen LogP contribution in [0, 0.1) is 5.92 Å². The predicted molar refractivity (Wildman–Crippen MR) is 81.5 cm³/mol. The van der Waals surface area contributed by atoms with Gasteiger partial charge in [-0.05, 0) is 43.0 Å². The molecule has 0 bridgehead atoms. The number of aromatic nitrogens is 2. The third-order valence-electron chi connectivity index (χ3n) is 4.11. The van der Waals surface area contributed by atoms with Gasteiger partial charge >= 0.3 is 0 Å². The summed E-state index contributed by atoms with van der Waals surface area (Å²) in [5.41, 5.74) is 5.78. The van der Waals surface area contributed by atoms with Gasteiger partial charge in [-0.15, -0.1) is 11.3 Å². The summed E-state index contributed by atoms with van der Waals surface area (Å²) in [6.45, 7) is 2.29. The van der Waals surface area contributed by atoms with E-state index in [-0.39, 0.29) is 0 Å². The molecule has 0 spiro atoms. The van der Waals surface area contributed by atoms with Gasteiger partial charge in [-0.2, -0.15) is 4.98 Å². The highest BCUT2D eigenvalue weighted by molar-refractivity contribution is 7.16. The highest BCUT2D eigenvalue weighted by Gasteiger charge is 2.21. The molecule has 0 saturated heterocycles. The van der Waals surface area contributed by atoms with Gasteiger partial charge in [0, 0.05) is 6.04 Å². The molecule has 0 aliphatic heterocycles. The Morgan fingerprint density at radius 3 is 2.84 bits per heavy atom. The number of rotatable bonds is 3. The minimum atomic E-state index is 0.361. The minimum absolute atomic E-state index is 0.361. The molecule has 5 heteroatoms. The first-order chi connectivity index (χ1) is 9.26. The number of anilines is 2. The van der Waals surface area contributed by atoms with Crippen molar-refractivity contribution in [1.29, 1.82) is 0 Å². The maximum absolute atomic E-state index is 5.78. The van der Waals surface area contributed by atoms with E-state index in [1.165, 1.54) is 32.1 Å². The summed E-state index contributed by atoms with van der Waals surface area (Å²) in [5.74, 6) is 2.18. The molecular formula is C14H20N4S. The Morgan fingerprint density at radius 1 is 1.32 bits per heavy atom. The largest absolute Gasteiger partial charge is 0.368 e. The van der Waals surface area contributed by atoms with E-state index in [9.17, 15) is 0 Å². The second-order valence-electron chi connectivity index (χ2n) is 5.34. The van der Waals surface area contributed by atoms with Gasteiger partial charge in [0.05, 0.1) is 5.39 Å². The van der Waals surface area contributed by atoms with Crippen molar-refractivity contribution in [3.05, 3.63) is 11.4 Å². The summed E-state index contributed by atoms with van der Waals surface area (Å²) in [7, 11) is 0. The topological polar surface area (TPSA) is 63.8 Å². The summed E-state index contributed by atoms with van der Waals surface area (Å²) in [6, 6.07) is 2.60. The van der Waals surface area contributed by atoms with Gasteiger partial charge in [0.1, 0.15) is 10.6 Å². The third-order valence-corrected chi connectivity index (χ3v) is 4.91. The first-order valence-corrected chi connectivity index (χ1v) is 7.91. The number of thiophene rings is 1. The number of fused-ring (bicyclic) bond motifs is 1. The summed E-state index contributed by atoms with van der Waals surface area (Å²) in [6.07, 6.45) is 6.41. The molecule has 0 radical (unpaired) electrons. The van der Waals surface area contributed by atoms with Gasteiger partial charge in [-0.25, -0.2) is 4.98 Å². The highest BCUT2D eigenvalue weighted by Crippen LogP contribution is 2.31. The zero-order chi connectivity index (χ0) is 13.2. The monoisotopic (exact) mass is 276 g/mol. The Balaban J connectivity index is 1.76. The fraction of sp³-hybridized carbons (Fsp3) is 0.571. The number of hydrogen-bond donors (Lipinski definition) is 2. The SMILES string of the molecule is CCC1CCC(Nc2nc(N)nc3sccc23)CC1. The number of nitrogens with two attached hydrogens (primary N) is 1. The Kier molecular flexibility index (Phi) is 3.55. The van der Waals surface area contributed by atoms with Crippen LogP contribution >= 0.6 is 11.3 Å². The molecule has 1 aliphatic carbocycles. The van der Waals surface area contributed by atoms with Crippen LogP contribution in [0.5, 0.6) is 0 Å². The van der Waals surface area contributed by atoms with Gasteiger partial charge in [0.15, 0.2) is 0 Å². The zero-order valence-corrected chi connectivity index (χ0v) is 12.0. The van der Waals surface area contributed by atoms with E-state index in [2.05, 4.69) is 28.3 Å². The van der Waals surface area contributed by atoms with E-state index in [4.69, 9.17) is 5.73 Å². The molecule has 1 fully saturated rings. The van der Waals surface area contributed by atoms with E-state index in [0.717, 1.165) is 22.0 Å². The van der Waals surface area contributed by atoms with Gasteiger partial charge in [0.25, 0.3) is 0 Å². The molecule has 3 N–H and O–H groups in total. The van der Waals surface area contributed by atoms with Crippen molar-refractivity contribution >= 4 is 33.3 Å². The normalized spacial score (nSPS) is 23.6. The molecule has 102 valence electrons. The van der Waals surface area contributed by atoms with Crippen LogP contribution < -0.4 is 11.1 Å². The number of nitrogens with zero attached hydrogens (tertiary/aromatic N) is 2. The predicted octanol–water partition coefficient (Wildman–Crippen LogP) is 3.65. The Bertz CT molecular complexity index is 558. The van der Waals surface area contributed by atoms with Crippen molar-refractivity contribution < 1.29 is 0 Å². The molecule has 2 heterocycles. The number of nitrogen functional groups attached to an aromatic ring is 1. The molecule has 2 aromatic heterocycles. The summed E-state index contributed by atoms with van der Waals surface area (Å²) < 4.78 is 0. The standard InChI is InChI=1S/C14H20N4S/c1-2-9-3-5-10(6-4-9)16-12-11-7-8-19-13(11)18-14(15)17-12/h7-10H,2-6H2,1H3,(H3,15,16,17,18). The third kappa shape index (κ3) is 2.66. The quantitative estimate of drug-likeness (QED) is 0.898. The van der Waals surface area contributed by atoms with Crippen LogP contribution in [0.3, 0.4) is 0 Å². The molecule has 0 unspecified atom stereocenters. The average Bonchev–Trinajstić information content (AvgIpc) is 2.88. The van der Waals surface area contributed by atoms with E-state index in [1.54, 1.807) is 11.3 Å². The second kappa shape index (κ2) is 5.33. The van der Waals surface area contributed by atoms with Gasteiger partial charge < -0.3 is 11.1 Å². The van der Waals surface area contributed by atoms with Crippen LogP contribution in [-0.2, 0) is 0 Å². The lowest BCUT2D eigenvalue weighted by Gasteiger charge is -2.28. The van der Waals surface area contributed by atoms with E-state index < -0.39 is 0 Å². The van der Waals surface area contributed by atoms with Gasteiger partial charge in [-0.3, -0.25) is 0 Å². The number of nitrogens with one attached hydrogen (secondary N) is 1. The average molecular weight is 276 g/mol. The molecule has 3 rings (SSSR count). The van der Waals surface area contributed by atoms with E-state index >= 15 is 0 Å². The molecule has 1 saturated carbocycles. The summed E-state index contributed by atoms with van der Waals surface area (Å²) in [5, 5.41) is 6.70. The van der Waals surface area contributed by atoms with Crippen molar-refractivity contribution in [2.75, 3.05) is 11.1 Å². The Morgan fingerprint density at radius 2 is 2.11 bits per heavy atom. The van der Waals surface area contributed by atoms with Crippen LogP contribution in [0.25, 0.3) is 10.2 Å². The van der Waals surface area contributed by atoms with Crippen molar-refractivity contribution in [2.45, 2.75) is 45.1 Å². The molecular weight excluding hydrogens is 256 g/mol. The molecule has 0 aromatic carbocycles. The van der Waals surface area contributed by atoms with Crippen molar-refractivity contribution in [1.82, 2.24) is 9.97 Å². The fourth-order valence-corrected chi connectivity index (χ4v) is 3.66. The molecule has 2 aromatic rings. The van der Waals surface area contributed by atoms with Crippen LogP contribution in [0.2, 0.25) is 0 Å². The van der Waals surface area contributed by atoms with Crippen LogP contribution in [-0.4, -0.2) is 16.0 Å². The number of hydrogen-bond acceptors (Lipinski definition) is 5. The van der Waals surface area contributed by atoms with Crippen molar-refractivity contribution in [2.24, 2.45) is 5.92 Å². The van der Waals surface area contributed by atoms with Crippen LogP contribution in [0.4, 0.5) is 11.8 Å². The van der Waals surface area contributed by atoms with Gasteiger partial charge in [0.2, 0.25) is 5.95 Å². The van der Waals surface area contributed by atoms with E-state index in [0.29, 0.717) is 12.0 Å². The first kappa shape index (κ1) is 12.7. The Labute approximate surface area is 117 Å². The van der Waals surface area contributed by atoms with Gasteiger partial charge in [-0.1, -0.05) is 13.3 Å². The lowest BCUT2D eigenvalue weighted by molar-refractivity contribution is 0.330. The Hall–Kier alpha value is -1.36. The lowest BCUT2D eigenvalue weighted by Crippen LogP contribution is -2.26. The molecule has 0 amide bonds. The van der Waals surface area contributed by atoms with Crippen molar-refractivity contribution in [3.8, 4) is 0 Å². The molecule has 0 atom stereocenters. The van der Waals surface area contributed by atoms with Crippen LogP contribution in [0.15, 0.2) is 11.4 Å². The van der Waals surface area contributed by atoms with E-state index in [1.807, 2.05) is 5.38 Å². The fourth-order valence-electron chi connectivity index (χ4n) is 2.89. The maximum atomic E-state index is 5.78. The molecule has 4 nitrogen and oxygen atoms in total. The maximum Gasteiger partial charge on any atom is 0.223 e.